The van der Waals surface area contributed by atoms with Crippen LogP contribution in [-0.4, -0.2) is 28.8 Å². The zero-order valence-corrected chi connectivity index (χ0v) is 14.0. The highest BCUT2D eigenvalue weighted by Crippen LogP contribution is 2.31. The summed E-state index contributed by atoms with van der Waals surface area (Å²) in [5.74, 6) is -0.0348. The fraction of sp³-hybridized carbons (Fsp3) is 0.0556. The van der Waals surface area contributed by atoms with Gasteiger partial charge in [0.25, 0.3) is 5.91 Å². The Labute approximate surface area is 149 Å². The highest BCUT2D eigenvalue weighted by atomic mass is 16.5. The van der Waals surface area contributed by atoms with Crippen molar-refractivity contribution in [2.45, 2.75) is 0 Å². The maximum absolute atomic E-state index is 11.6. The number of anilines is 1. The van der Waals surface area contributed by atoms with Crippen LogP contribution in [0, 0.1) is 0 Å². The third-order valence-electron chi connectivity index (χ3n) is 3.73. The van der Waals surface area contributed by atoms with Crippen molar-refractivity contribution in [3.8, 4) is 22.6 Å². The van der Waals surface area contributed by atoms with E-state index < -0.39 is 11.9 Å². The second-order valence-electron chi connectivity index (χ2n) is 5.44. The van der Waals surface area contributed by atoms with Gasteiger partial charge in [-0.15, -0.1) is 0 Å². The Morgan fingerprint density at radius 2 is 1.88 bits per heavy atom. The summed E-state index contributed by atoms with van der Waals surface area (Å²) in [4.78, 5) is 22.7. The molecule has 5 N–H and O–H groups in total. The van der Waals surface area contributed by atoms with Crippen LogP contribution in [0.25, 0.3) is 16.8 Å². The predicted molar refractivity (Wildman–Crippen MR) is 97.3 cm³/mol. The Hall–Kier alpha value is -3.81. The van der Waals surface area contributed by atoms with Crippen LogP contribution in [0.4, 0.5) is 10.5 Å². The van der Waals surface area contributed by atoms with E-state index >= 15 is 0 Å². The van der Waals surface area contributed by atoms with Crippen LogP contribution >= 0.6 is 0 Å². The summed E-state index contributed by atoms with van der Waals surface area (Å²) in [6, 6.07) is 14.3. The topological polar surface area (TPSA) is 125 Å². The molecule has 0 bridgehead atoms. The molecule has 0 atom stereocenters. The van der Waals surface area contributed by atoms with Crippen molar-refractivity contribution in [3.05, 3.63) is 60.4 Å². The molecule has 0 aliphatic carbocycles. The number of nitrogens with two attached hydrogens (primary N) is 2. The molecule has 132 valence electrons. The third-order valence-corrected chi connectivity index (χ3v) is 3.73. The van der Waals surface area contributed by atoms with Gasteiger partial charge < -0.3 is 21.5 Å². The van der Waals surface area contributed by atoms with Crippen molar-refractivity contribution in [1.82, 2.24) is 9.78 Å². The number of aromatic nitrogens is 2. The highest BCUT2D eigenvalue weighted by molar-refractivity contribution is 6.00. The van der Waals surface area contributed by atoms with Gasteiger partial charge in [-0.3, -0.25) is 4.79 Å². The molecule has 8 heteroatoms. The first-order valence-electron chi connectivity index (χ1n) is 7.69. The smallest absolute Gasteiger partial charge is 0.316 e. The number of nitrogens with one attached hydrogen (secondary N) is 1. The van der Waals surface area contributed by atoms with Crippen LogP contribution in [0.3, 0.4) is 0 Å². The minimum atomic E-state index is -0.810. The Morgan fingerprint density at radius 1 is 1.12 bits per heavy atom. The van der Waals surface area contributed by atoms with Crippen molar-refractivity contribution < 1.29 is 14.3 Å². The van der Waals surface area contributed by atoms with E-state index in [0.29, 0.717) is 5.69 Å². The number of carbonyl (C=O) groups excluding carboxylic acids is 2. The maximum atomic E-state index is 11.6. The number of primary amides is 2. The Kier molecular flexibility index (Phi) is 4.57. The number of carbonyl (C=O) groups is 2. The molecule has 0 aliphatic heterocycles. The molecule has 26 heavy (non-hydrogen) atoms. The second kappa shape index (κ2) is 6.98. The van der Waals surface area contributed by atoms with Gasteiger partial charge in [-0.05, 0) is 23.8 Å². The van der Waals surface area contributed by atoms with Gasteiger partial charge in [0.2, 0.25) is 0 Å². The third kappa shape index (κ3) is 3.34. The first-order chi connectivity index (χ1) is 12.5. The van der Waals surface area contributed by atoms with E-state index in [1.807, 2.05) is 48.5 Å². The van der Waals surface area contributed by atoms with Gasteiger partial charge in [0.1, 0.15) is 5.75 Å². The molecule has 0 saturated carbocycles. The van der Waals surface area contributed by atoms with E-state index in [4.69, 9.17) is 16.2 Å². The van der Waals surface area contributed by atoms with Crippen molar-refractivity contribution in [2.75, 3.05) is 12.4 Å². The lowest BCUT2D eigenvalue weighted by molar-refractivity contribution is 0.0996. The average molecular weight is 351 g/mol. The lowest BCUT2D eigenvalue weighted by atomic mass is 10.0. The molecule has 0 spiro atoms. The maximum Gasteiger partial charge on any atom is 0.316 e. The van der Waals surface area contributed by atoms with E-state index in [2.05, 4.69) is 10.4 Å². The molecular weight excluding hydrogens is 334 g/mol. The summed E-state index contributed by atoms with van der Waals surface area (Å²) in [5.41, 5.74) is 13.0. The Balaban J connectivity index is 2.06. The number of nitrogens with zero attached hydrogens (tertiary/aromatic N) is 2. The monoisotopic (exact) mass is 351 g/mol. The largest absolute Gasteiger partial charge is 0.496 e. The van der Waals surface area contributed by atoms with Gasteiger partial charge in [-0.1, -0.05) is 30.3 Å². The molecule has 1 heterocycles. The molecular formula is C18H17N5O3. The number of ether oxygens (including phenoxy) is 1. The second-order valence-corrected chi connectivity index (χ2v) is 5.44. The lowest BCUT2D eigenvalue weighted by Crippen LogP contribution is -2.22. The minimum absolute atomic E-state index is 0.0773. The molecule has 0 unspecified atom stereocenters. The van der Waals surface area contributed by atoms with E-state index in [9.17, 15) is 9.59 Å². The number of amides is 3. The Morgan fingerprint density at radius 3 is 2.58 bits per heavy atom. The van der Waals surface area contributed by atoms with Crippen LogP contribution in [-0.2, 0) is 0 Å². The van der Waals surface area contributed by atoms with Gasteiger partial charge in [-0.2, -0.15) is 5.10 Å². The normalized spacial score (nSPS) is 10.3. The molecule has 3 rings (SSSR count). The van der Waals surface area contributed by atoms with Gasteiger partial charge in [-0.25, -0.2) is 9.48 Å². The molecule has 0 radical (unpaired) electrons. The van der Waals surface area contributed by atoms with E-state index in [-0.39, 0.29) is 11.4 Å². The SMILES string of the molecule is COc1ccccc1-c1cccc(-n2cc(NC(N)=O)c(C(N)=O)n2)c1. The lowest BCUT2D eigenvalue weighted by Gasteiger charge is -2.10. The van der Waals surface area contributed by atoms with E-state index in [1.54, 1.807) is 7.11 Å². The summed E-state index contributed by atoms with van der Waals surface area (Å²) >= 11 is 0. The summed E-state index contributed by atoms with van der Waals surface area (Å²) in [7, 11) is 1.61. The van der Waals surface area contributed by atoms with Gasteiger partial charge in [0.15, 0.2) is 5.69 Å². The first kappa shape index (κ1) is 17.0. The van der Waals surface area contributed by atoms with Gasteiger partial charge >= 0.3 is 6.03 Å². The number of urea groups is 1. The molecule has 3 aromatic rings. The highest BCUT2D eigenvalue weighted by Gasteiger charge is 2.16. The number of methoxy groups -OCH3 is 1. The summed E-state index contributed by atoms with van der Waals surface area (Å²) in [6.45, 7) is 0. The van der Waals surface area contributed by atoms with Crippen molar-refractivity contribution in [3.63, 3.8) is 0 Å². The number of benzene rings is 2. The van der Waals surface area contributed by atoms with Gasteiger partial charge in [0.05, 0.1) is 24.7 Å². The molecule has 0 saturated heterocycles. The molecule has 8 nitrogen and oxygen atoms in total. The molecule has 1 aromatic heterocycles. The van der Waals surface area contributed by atoms with Crippen molar-refractivity contribution in [2.24, 2.45) is 11.5 Å². The molecule has 0 fully saturated rings. The number of rotatable bonds is 5. The van der Waals surface area contributed by atoms with Crippen LogP contribution in [0.2, 0.25) is 0 Å². The van der Waals surface area contributed by atoms with Crippen molar-refractivity contribution >= 4 is 17.6 Å². The molecule has 3 amide bonds. The fourth-order valence-corrected chi connectivity index (χ4v) is 2.61. The van der Waals surface area contributed by atoms with Crippen LogP contribution < -0.4 is 21.5 Å². The van der Waals surface area contributed by atoms with Crippen molar-refractivity contribution in [1.29, 1.82) is 0 Å². The standard InChI is InChI=1S/C18H17N5O3/c1-26-15-8-3-2-7-13(15)11-5-4-6-12(9-11)23-10-14(21-18(20)25)16(22-23)17(19)24/h2-10H,1H3,(H2,19,24)(H3,20,21,25). The summed E-state index contributed by atoms with van der Waals surface area (Å²) < 4.78 is 6.85. The molecule has 0 aliphatic rings. The summed E-state index contributed by atoms with van der Waals surface area (Å²) in [5, 5.41) is 6.50. The number of para-hydroxylation sites is 1. The van der Waals surface area contributed by atoms with Gasteiger partial charge in [0, 0.05) is 5.56 Å². The fourth-order valence-electron chi connectivity index (χ4n) is 2.61. The minimum Gasteiger partial charge on any atom is -0.496 e. The predicted octanol–water partition coefficient (Wildman–Crippen LogP) is 2.14. The number of hydrogen-bond acceptors (Lipinski definition) is 4. The summed E-state index contributed by atoms with van der Waals surface area (Å²) in [6.07, 6.45) is 1.48. The van der Waals surface area contributed by atoms with E-state index in [0.717, 1.165) is 16.9 Å². The number of hydrogen-bond donors (Lipinski definition) is 3. The quantitative estimate of drug-likeness (QED) is 0.651. The van der Waals surface area contributed by atoms with E-state index in [1.165, 1.54) is 10.9 Å². The first-order valence-corrected chi connectivity index (χ1v) is 7.69. The molecule has 2 aromatic carbocycles. The zero-order valence-electron chi connectivity index (χ0n) is 14.0. The van der Waals surface area contributed by atoms with Crippen LogP contribution in [0.5, 0.6) is 5.75 Å². The average Bonchev–Trinajstić information content (AvgIpc) is 3.05. The Bertz CT molecular complexity index is 980. The zero-order chi connectivity index (χ0) is 18.7. The van der Waals surface area contributed by atoms with Crippen LogP contribution in [0.15, 0.2) is 54.7 Å². The van der Waals surface area contributed by atoms with Crippen LogP contribution in [0.1, 0.15) is 10.5 Å².